The maximum absolute atomic E-state index is 12.9. The van der Waals surface area contributed by atoms with Gasteiger partial charge in [0.05, 0.1) is 11.3 Å². The lowest BCUT2D eigenvalue weighted by molar-refractivity contribution is -0.127. The fraction of sp³-hybridized carbons (Fsp3) is 0.579. The van der Waals surface area contributed by atoms with E-state index in [-0.39, 0.29) is 11.8 Å². The first-order valence-electron chi connectivity index (χ1n) is 8.97. The molecule has 0 radical (unpaired) electrons. The van der Waals surface area contributed by atoms with E-state index in [0.29, 0.717) is 11.8 Å². The minimum absolute atomic E-state index is 0.110. The van der Waals surface area contributed by atoms with Gasteiger partial charge in [-0.1, -0.05) is 12.1 Å². The van der Waals surface area contributed by atoms with Gasteiger partial charge in [0, 0.05) is 30.6 Å². The first-order chi connectivity index (χ1) is 11.7. The summed E-state index contributed by atoms with van der Waals surface area (Å²) in [6, 6.07) is 8.01. The van der Waals surface area contributed by atoms with Gasteiger partial charge < -0.3 is 9.80 Å². The van der Waals surface area contributed by atoms with E-state index >= 15 is 0 Å². The van der Waals surface area contributed by atoms with Crippen LogP contribution >= 0.6 is 11.8 Å². The number of amides is 2. The van der Waals surface area contributed by atoms with Crippen LogP contribution in [-0.2, 0) is 4.79 Å². The van der Waals surface area contributed by atoms with Crippen LogP contribution in [0, 0.1) is 0 Å². The first kappa shape index (κ1) is 17.3. The van der Waals surface area contributed by atoms with Crippen molar-refractivity contribution in [3.05, 3.63) is 29.8 Å². The Kier molecular flexibility index (Phi) is 5.82. The zero-order valence-electron chi connectivity index (χ0n) is 14.4. The van der Waals surface area contributed by atoms with Crippen molar-refractivity contribution in [3.8, 4) is 0 Å². The van der Waals surface area contributed by atoms with E-state index in [4.69, 9.17) is 0 Å². The molecule has 2 fully saturated rings. The molecule has 2 aliphatic rings. The molecule has 0 N–H and O–H groups in total. The van der Waals surface area contributed by atoms with Crippen molar-refractivity contribution >= 4 is 23.6 Å². The summed E-state index contributed by atoms with van der Waals surface area (Å²) in [5, 5.41) is 0. The van der Waals surface area contributed by atoms with Crippen molar-refractivity contribution < 1.29 is 9.59 Å². The van der Waals surface area contributed by atoms with Crippen molar-refractivity contribution in [1.29, 1.82) is 0 Å². The van der Waals surface area contributed by atoms with Crippen LogP contribution in [0.15, 0.2) is 29.2 Å². The highest BCUT2D eigenvalue weighted by Gasteiger charge is 2.26. The van der Waals surface area contributed by atoms with E-state index in [1.54, 1.807) is 0 Å². The van der Waals surface area contributed by atoms with E-state index in [2.05, 4.69) is 6.92 Å². The van der Waals surface area contributed by atoms with Gasteiger partial charge in [-0.25, -0.2) is 0 Å². The highest BCUT2D eigenvalue weighted by Crippen LogP contribution is 2.27. The molecule has 1 aromatic carbocycles. The number of carbonyl (C=O) groups is 2. The number of hydrogen-bond donors (Lipinski definition) is 0. The van der Waals surface area contributed by atoms with Crippen molar-refractivity contribution in [2.24, 2.45) is 0 Å². The Morgan fingerprint density at radius 2 is 1.79 bits per heavy atom. The molecule has 2 heterocycles. The molecule has 2 aliphatic heterocycles. The first-order valence-corrected chi connectivity index (χ1v) is 9.96. The Hall–Kier alpha value is -1.49. The van der Waals surface area contributed by atoms with E-state index in [1.165, 1.54) is 18.2 Å². The standard InChI is InChI=1S/C19H26N2O2S/c1-15-8-4-5-13-21(15)19(23)16-9-2-3-10-17(16)24-14-18(22)20-11-6-7-12-20/h2-3,9-10,15H,4-8,11-14H2,1H3. The molecule has 4 nitrogen and oxygen atoms in total. The molecule has 1 unspecified atom stereocenters. The monoisotopic (exact) mass is 346 g/mol. The number of nitrogens with zero attached hydrogens (tertiary/aromatic N) is 2. The molecule has 0 bridgehead atoms. The van der Waals surface area contributed by atoms with Gasteiger partial charge in [-0.05, 0) is 51.2 Å². The summed E-state index contributed by atoms with van der Waals surface area (Å²) in [5.41, 5.74) is 0.741. The number of benzene rings is 1. The Morgan fingerprint density at radius 1 is 1.08 bits per heavy atom. The van der Waals surface area contributed by atoms with Crippen molar-refractivity contribution in [2.45, 2.75) is 50.0 Å². The lowest BCUT2D eigenvalue weighted by atomic mass is 10.0. The normalized spacial score (nSPS) is 21.1. The molecule has 0 saturated carbocycles. The predicted octanol–water partition coefficient (Wildman–Crippen LogP) is 3.42. The number of carbonyl (C=O) groups excluding carboxylic acids is 2. The van der Waals surface area contributed by atoms with E-state index in [9.17, 15) is 9.59 Å². The van der Waals surface area contributed by atoms with Gasteiger partial charge in [-0.2, -0.15) is 0 Å². The quantitative estimate of drug-likeness (QED) is 0.785. The number of rotatable bonds is 4. The summed E-state index contributed by atoms with van der Waals surface area (Å²) >= 11 is 1.50. The lowest BCUT2D eigenvalue weighted by Crippen LogP contribution is -2.42. The van der Waals surface area contributed by atoms with Gasteiger partial charge in [0.15, 0.2) is 0 Å². The van der Waals surface area contributed by atoms with Crippen LogP contribution in [-0.4, -0.2) is 53.0 Å². The third-order valence-electron chi connectivity index (χ3n) is 4.99. The molecule has 1 atom stereocenters. The minimum atomic E-state index is 0.110. The average molecular weight is 346 g/mol. The molecule has 24 heavy (non-hydrogen) atoms. The second kappa shape index (κ2) is 8.06. The van der Waals surface area contributed by atoms with Crippen LogP contribution in [0.2, 0.25) is 0 Å². The lowest BCUT2D eigenvalue weighted by Gasteiger charge is -2.33. The van der Waals surface area contributed by atoms with Gasteiger partial charge in [0.2, 0.25) is 5.91 Å². The van der Waals surface area contributed by atoms with Crippen LogP contribution in [0.1, 0.15) is 49.4 Å². The Bertz CT molecular complexity index is 599. The fourth-order valence-corrected chi connectivity index (χ4v) is 4.47. The number of likely N-dealkylation sites (tertiary alicyclic amines) is 2. The summed E-state index contributed by atoms with van der Waals surface area (Å²) in [5.74, 6) is 0.713. The topological polar surface area (TPSA) is 40.6 Å². The second-order valence-corrected chi connectivity index (χ2v) is 7.73. The zero-order chi connectivity index (χ0) is 16.9. The Labute approximate surface area is 148 Å². The largest absolute Gasteiger partial charge is 0.342 e. The SMILES string of the molecule is CC1CCCCN1C(=O)c1ccccc1SCC(=O)N1CCCC1. The average Bonchev–Trinajstić information content (AvgIpc) is 3.14. The molecule has 0 spiro atoms. The third-order valence-corrected chi connectivity index (χ3v) is 6.05. The maximum Gasteiger partial charge on any atom is 0.255 e. The maximum atomic E-state index is 12.9. The van der Waals surface area contributed by atoms with Crippen LogP contribution in [0.5, 0.6) is 0 Å². The third kappa shape index (κ3) is 3.94. The molecule has 130 valence electrons. The van der Waals surface area contributed by atoms with Gasteiger partial charge >= 0.3 is 0 Å². The fourth-order valence-electron chi connectivity index (χ4n) is 3.52. The Morgan fingerprint density at radius 3 is 2.54 bits per heavy atom. The summed E-state index contributed by atoms with van der Waals surface area (Å²) in [4.78, 5) is 30.1. The van der Waals surface area contributed by atoms with E-state index in [0.717, 1.165) is 55.8 Å². The van der Waals surface area contributed by atoms with Crippen molar-refractivity contribution in [3.63, 3.8) is 0 Å². The Balaban J connectivity index is 1.68. The van der Waals surface area contributed by atoms with Crippen LogP contribution < -0.4 is 0 Å². The smallest absolute Gasteiger partial charge is 0.255 e. The number of piperidine rings is 1. The molecule has 2 saturated heterocycles. The van der Waals surface area contributed by atoms with E-state index in [1.807, 2.05) is 34.1 Å². The van der Waals surface area contributed by atoms with Crippen LogP contribution in [0.4, 0.5) is 0 Å². The second-order valence-electron chi connectivity index (χ2n) is 6.72. The molecule has 5 heteroatoms. The van der Waals surface area contributed by atoms with Crippen LogP contribution in [0.25, 0.3) is 0 Å². The summed E-state index contributed by atoms with van der Waals surface area (Å²) in [7, 11) is 0. The molecule has 1 aromatic rings. The minimum Gasteiger partial charge on any atom is -0.342 e. The molecular weight excluding hydrogens is 320 g/mol. The highest BCUT2D eigenvalue weighted by molar-refractivity contribution is 8.00. The predicted molar refractivity (Wildman–Crippen MR) is 97.3 cm³/mol. The van der Waals surface area contributed by atoms with Crippen molar-refractivity contribution in [1.82, 2.24) is 9.80 Å². The molecular formula is C19H26N2O2S. The molecule has 0 aromatic heterocycles. The van der Waals surface area contributed by atoms with Gasteiger partial charge in [0.1, 0.15) is 0 Å². The number of thioether (sulfide) groups is 1. The van der Waals surface area contributed by atoms with Gasteiger partial charge in [0.25, 0.3) is 5.91 Å². The summed E-state index contributed by atoms with van der Waals surface area (Å²) in [6.07, 6.45) is 5.58. The van der Waals surface area contributed by atoms with Crippen LogP contribution in [0.3, 0.4) is 0 Å². The van der Waals surface area contributed by atoms with Crippen molar-refractivity contribution in [2.75, 3.05) is 25.4 Å². The van der Waals surface area contributed by atoms with Gasteiger partial charge in [-0.15, -0.1) is 11.8 Å². The molecule has 0 aliphatic carbocycles. The zero-order valence-corrected chi connectivity index (χ0v) is 15.2. The molecule has 2 amide bonds. The summed E-state index contributed by atoms with van der Waals surface area (Å²) in [6.45, 7) is 4.73. The number of hydrogen-bond acceptors (Lipinski definition) is 3. The summed E-state index contributed by atoms with van der Waals surface area (Å²) < 4.78 is 0. The van der Waals surface area contributed by atoms with Gasteiger partial charge in [-0.3, -0.25) is 9.59 Å². The van der Waals surface area contributed by atoms with E-state index < -0.39 is 0 Å². The molecule has 3 rings (SSSR count). The highest BCUT2D eigenvalue weighted by atomic mass is 32.2.